The van der Waals surface area contributed by atoms with Gasteiger partial charge in [-0.15, -0.1) is 0 Å². The number of halogens is 1. The molecule has 0 aliphatic rings. The maximum Gasteiger partial charge on any atom is 0.141 e. The lowest BCUT2D eigenvalue weighted by Crippen LogP contribution is -1.97. The molecule has 1 heterocycles. The van der Waals surface area contributed by atoms with Crippen LogP contribution in [0.4, 0.5) is 0 Å². The molecular weight excluding hydrogens is 314 g/mol. The van der Waals surface area contributed by atoms with Crippen molar-refractivity contribution in [1.82, 2.24) is 9.55 Å². The van der Waals surface area contributed by atoms with Crippen LogP contribution in [0, 0.1) is 6.92 Å². The molecule has 102 valence electrons. The number of nitrogens with two attached hydrogens (primary N) is 1. The predicted molar refractivity (Wildman–Crippen MR) is 86.5 cm³/mol. The van der Waals surface area contributed by atoms with Crippen LogP contribution in [-0.4, -0.2) is 9.55 Å². The zero-order valence-corrected chi connectivity index (χ0v) is 13.1. The van der Waals surface area contributed by atoms with Crippen LogP contribution >= 0.6 is 15.9 Å². The van der Waals surface area contributed by atoms with E-state index in [4.69, 9.17) is 10.7 Å². The molecule has 4 heteroatoms. The van der Waals surface area contributed by atoms with Crippen molar-refractivity contribution in [3.8, 4) is 11.4 Å². The molecule has 0 unspecified atom stereocenters. The first-order valence-corrected chi connectivity index (χ1v) is 7.32. The largest absolute Gasteiger partial charge is 0.327 e. The second-order valence-electron chi connectivity index (χ2n) is 4.94. The smallest absolute Gasteiger partial charge is 0.141 e. The monoisotopic (exact) mass is 329 g/mol. The fourth-order valence-corrected chi connectivity index (χ4v) is 2.87. The van der Waals surface area contributed by atoms with E-state index < -0.39 is 0 Å². The molecule has 0 radical (unpaired) electrons. The number of aromatic nitrogens is 2. The van der Waals surface area contributed by atoms with Crippen molar-refractivity contribution in [3.05, 3.63) is 52.0 Å². The number of aryl methyl sites for hydroxylation is 2. The second-order valence-corrected chi connectivity index (χ2v) is 5.86. The molecule has 1 aromatic heterocycles. The van der Waals surface area contributed by atoms with E-state index in [0.29, 0.717) is 6.54 Å². The SMILES string of the molecule is Cc1ccc(Br)cc1-c1nc2c(CN)cccc2n1C. The highest BCUT2D eigenvalue weighted by Gasteiger charge is 2.13. The molecule has 0 amide bonds. The number of hydrogen-bond donors (Lipinski definition) is 1. The van der Waals surface area contributed by atoms with E-state index in [1.165, 1.54) is 5.56 Å². The Kier molecular flexibility index (Phi) is 3.36. The van der Waals surface area contributed by atoms with E-state index in [0.717, 1.165) is 32.5 Å². The Hall–Kier alpha value is -1.65. The molecule has 3 nitrogen and oxygen atoms in total. The van der Waals surface area contributed by atoms with E-state index in [9.17, 15) is 0 Å². The van der Waals surface area contributed by atoms with E-state index in [2.05, 4.69) is 45.6 Å². The van der Waals surface area contributed by atoms with Crippen LogP contribution in [0.5, 0.6) is 0 Å². The van der Waals surface area contributed by atoms with Crippen LogP contribution in [0.3, 0.4) is 0 Å². The highest BCUT2D eigenvalue weighted by Crippen LogP contribution is 2.29. The minimum atomic E-state index is 0.505. The van der Waals surface area contributed by atoms with Crippen LogP contribution in [0.2, 0.25) is 0 Å². The second kappa shape index (κ2) is 5.04. The van der Waals surface area contributed by atoms with Gasteiger partial charge in [0.05, 0.1) is 11.0 Å². The normalized spacial score (nSPS) is 11.2. The third-order valence-corrected chi connectivity index (χ3v) is 4.15. The van der Waals surface area contributed by atoms with Gasteiger partial charge in [0.25, 0.3) is 0 Å². The fourth-order valence-electron chi connectivity index (χ4n) is 2.51. The van der Waals surface area contributed by atoms with E-state index in [-0.39, 0.29) is 0 Å². The van der Waals surface area contributed by atoms with Crippen LogP contribution in [-0.2, 0) is 13.6 Å². The minimum absolute atomic E-state index is 0.505. The lowest BCUT2D eigenvalue weighted by atomic mass is 10.1. The zero-order chi connectivity index (χ0) is 14.3. The molecule has 0 aliphatic carbocycles. The van der Waals surface area contributed by atoms with Gasteiger partial charge in [0.1, 0.15) is 5.82 Å². The van der Waals surface area contributed by atoms with Crippen molar-refractivity contribution in [3.63, 3.8) is 0 Å². The number of para-hydroxylation sites is 1. The summed E-state index contributed by atoms with van der Waals surface area (Å²) in [5, 5.41) is 0. The summed E-state index contributed by atoms with van der Waals surface area (Å²) in [6, 6.07) is 12.4. The van der Waals surface area contributed by atoms with Crippen LogP contribution in [0.1, 0.15) is 11.1 Å². The van der Waals surface area contributed by atoms with E-state index >= 15 is 0 Å². The minimum Gasteiger partial charge on any atom is -0.327 e. The maximum absolute atomic E-state index is 5.81. The molecule has 0 fully saturated rings. The van der Waals surface area contributed by atoms with Crippen molar-refractivity contribution in [2.24, 2.45) is 12.8 Å². The van der Waals surface area contributed by atoms with Crippen molar-refractivity contribution in [2.75, 3.05) is 0 Å². The van der Waals surface area contributed by atoms with Crippen LogP contribution in [0.15, 0.2) is 40.9 Å². The summed E-state index contributed by atoms with van der Waals surface area (Å²) in [5.41, 5.74) is 11.3. The molecule has 0 saturated carbocycles. The summed E-state index contributed by atoms with van der Waals surface area (Å²) < 4.78 is 3.19. The summed E-state index contributed by atoms with van der Waals surface area (Å²) in [4.78, 5) is 4.82. The van der Waals surface area contributed by atoms with Gasteiger partial charge in [-0.2, -0.15) is 0 Å². The Balaban J connectivity index is 2.32. The van der Waals surface area contributed by atoms with Crippen molar-refractivity contribution in [2.45, 2.75) is 13.5 Å². The van der Waals surface area contributed by atoms with Gasteiger partial charge in [-0.05, 0) is 36.2 Å². The molecule has 20 heavy (non-hydrogen) atoms. The first-order valence-electron chi connectivity index (χ1n) is 6.52. The predicted octanol–water partition coefficient (Wildman–Crippen LogP) is 3.77. The number of hydrogen-bond acceptors (Lipinski definition) is 2. The number of benzene rings is 2. The van der Waals surface area contributed by atoms with Crippen LogP contribution in [0.25, 0.3) is 22.4 Å². The molecule has 2 N–H and O–H groups in total. The van der Waals surface area contributed by atoms with Crippen molar-refractivity contribution < 1.29 is 0 Å². The zero-order valence-electron chi connectivity index (χ0n) is 11.5. The van der Waals surface area contributed by atoms with Gasteiger partial charge >= 0.3 is 0 Å². The topological polar surface area (TPSA) is 43.8 Å². The molecule has 0 saturated heterocycles. The average Bonchev–Trinajstić information content (AvgIpc) is 2.79. The van der Waals surface area contributed by atoms with Crippen molar-refractivity contribution >= 4 is 27.0 Å². The third kappa shape index (κ3) is 2.05. The first kappa shape index (κ1) is 13.3. The molecule has 0 atom stereocenters. The average molecular weight is 330 g/mol. The first-order chi connectivity index (χ1) is 9.61. The summed E-state index contributed by atoms with van der Waals surface area (Å²) in [7, 11) is 2.05. The molecule has 3 rings (SSSR count). The molecule has 3 aromatic rings. The number of rotatable bonds is 2. The molecular formula is C16H16BrN3. The van der Waals surface area contributed by atoms with Gasteiger partial charge in [-0.25, -0.2) is 4.98 Å². The van der Waals surface area contributed by atoms with Gasteiger partial charge in [0.15, 0.2) is 0 Å². The number of imidazole rings is 1. The van der Waals surface area contributed by atoms with E-state index in [1.807, 2.05) is 25.2 Å². The third-order valence-electron chi connectivity index (χ3n) is 3.66. The Morgan fingerprint density at radius 1 is 1.25 bits per heavy atom. The quantitative estimate of drug-likeness (QED) is 0.777. The lowest BCUT2D eigenvalue weighted by Gasteiger charge is -2.06. The molecule has 2 aromatic carbocycles. The van der Waals surface area contributed by atoms with Crippen LogP contribution < -0.4 is 5.73 Å². The Bertz CT molecular complexity index is 790. The number of nitrogens with zero attached hydrogens (tertiary/aromatic N) is 2. The van der Waals surface area contributed by atoms with Gasteiger partial charge < -0.3 is 10.3 Å². The van der Waals surface area contributed by atoms with Gasteiger partial charge in [0.2, 0.25) is 0 Å². The summed E-state index contributed by atoms with van der Waals surface area (Å²) in [6.45, 7) is 2.61. The summed E-state index contributed by atoms with van der Waals surface area (Å²) >= 11 is 3.53. The summed E-state index contributed by atoms with van der Waals surface area (Å²) in [5.74, 6) is 0.972. The Morgan fingerprint density at radius 2 is 2.05 bits per heavy atom. The van der Waals surface area contributed by atoms with Gasteiger partial charge in [0, 0.05) is 23.6 Å². The molecule has 0 aliphatic heterocycles. The Morgan fingerprint density at radius 3 is 2.80 bits per heavy atom. The number of fused-ring (bicyclic) bond motifs is 1. The standard InChI is InChI=1S/C16H16BrN3/c1-10-6-7-12(17)8-13(10)16-19-15-11(9-18)4-3-5-14(15)20(16)2/h3-8H,9,18H2,1-2H3. The Labute approximate surface area is 126 Å². The molecule has 0 spiro atoms. The fraction of sp³-hybridized carbons (Fsp3) is 0.188. The maximum atomic E-state index is 5.81. The lowest BCUT2D eigenvalue weighted by molar-refractivity contribution is 0.957. The van der Waals surface area contributed by atoms with Crippen molar-refractivity contribution in [1.29, 1.82) is 0 Å². The van der Waals surface area contributed by atoms with E-state index in [1.54, 1.807) is 0 Å². The molecule has 0 bridgehead atoms. The summed E-state index contributed by atoms with van der Waals surface area (Å²) in [6.07, 6.45) is 0. The highest BCUT2D eigenvalue weighted by atomic mass is 79.9. The van der Waals surface area contributed by atoms with Gasteiger partial charge in [-0.3, -0.25) is 0 Å². The highest BCUT2D eigenvalue weighted by molar-refractivity contribution is 9.10. The van der Waals surface area contributed by atoms with Gasteiger partial charge in [-0.1, -0.05) is 34.1 Å².